The molecule has 1 fully saturated rings. The van der Waals surface area contributed by atoms with Crippen molar-refractivity contribution in [3.05, 3.63) is 17.5 Å². The van der Waals surface area contributed by atoms with Crippen LogP contribution in [0.3, 0.4) is 0 Å². The minimum Gasteiger partial charge on any atom is -0.314 e. The number of hydrogen-bond acceptors (Lipinski definition) is 2. The van der Waals surface area contributed by atoms with Gasteiger partial charge in [0.1, 0.15) is 0 Å². The standard InChI is InChI=1S/C17H31N3/c1-4-18-16(12-15-9-7-5-6-8-10-15)13-17-11-14(2)19-20(17)3/h11,15-16,18H,4-10,12-13H2,1-3H3. The molecule has 2 rings (SSSR count). The van der Waals surface area contributed by atoms with Gasteiger partial charge in [-0.3, -0.25) is 4.68 Å². The molecule has 0 aromatic carbocycles. The molecule has 114 valence electrons. The number of rotatable bonds is 6. The van der Waals surface area contributed by atoms with Crippen molar-refractivity contribution < 1.29 is 0 Å². The summed E-state index contributed by atoms with van der Waals surface area (Å²) in [5.74, 6) is 0.927. The van der Waals surface area contributed by atoms with Crippen LogP contribution >= 0.6 is 0 Å². The lowest BCUT2D eigenvalue weighted by Gasteiger charge is -2.23. The largest absolute Gasteiger partial charge is 0.314 e. The minimum absolute atomic E-state index is 0.609. The average Bonchev–Trinajstić information content (AvgIpc) is 2.61. The van der Waals surface area contributed by atoms with Crippen molar-refractivity contribution in [3.8, 4) is 0 Å². The maximum atomic E-state index is 4.47. The summed E-state index contributed by atoms with van der Waals surface area (Å²) in [5, 5.41) is 8.17. The highest BCUT2D eigenvalue weighted by molar-refractivity contribution is 5.10. The van der Waals surface area contributed by atoms with Gasteiger partial charge in [0.15, 0.2) is 0 Å². The van der Waals surface area contributed by atoms with E-state index in [0.717, 1.165) is 24.6 Å². The fourth-order valence-corrected chi connectivity index (χ4v) is 3.64. The quantitative estimate of drug-likeness (QED) is 0.805. The van der Waals surface area contributed by atoms with E-state index in [1.807, 2.05) is 4.68 Å². The zero-order valence-electron chi connectivity index (χ0n) is 13.5. The predicted octanol–water partition coefficient (Wildman–Crippen LogP) is 3.61. The van der Waals surface area contributed by atoms with Crippen LogP contribution in [0.25, 0.3) is 0 Å². The molecule has 1 aliphatic rings. The van der Waals surface area contributed by atoms with Gasteiger partial charge in [0, 0.05) is 25.2 Å². The third-order valence-corrected chi connectivity index (χ3v) is 4.64. The molecule has 1 N–H and O–H groups in total. The second-order valence-electron chi connectivity index (χ2n) is 6.45. The summed E-state index contributed by atoms with van der Waals surface area (Å²) in [4.78, 5) is 0. The summed E-state index contributed by atoms with van der Waals surface area (Å²) in [6.45, 7) is 5.36. The second kappa shape index (κ2) is 7.82. The highest BCUT2D eigenvalue weighted by Crippen LogP contribution is 2.27. The normalized spacial score (nSPS) is 18.9. The van der Waals surface area contributed by atoms with Crippen LogP contribution in [0.5, 0.6) is 0 Å². The molecule has 1 saturated carbocycles. The smallest absolute Gasteiger partial charge is 0.0596 e. The van der Waals surface area contributed by atoms with Crippen LogP contribution in [-0.2, 0) is 13.5 Å². The fourth-order valence-electron chi connectivity index (χ4n) is 3.64. The SMILES string of the molecule is CCNC(Cc1cc(C)nn1C)CC1CCCCCC1. The highest BCUT2D eigenvalue weighted by Gasteiger charge is 2.19. The van der Waals surface area contributed by atoms with Gasteiger partial charge in [0.2, 0.25) is 0 Å². The molecule has 0 aliphatic heterocycles. The minimum atomic E-state index is 0.609. The first-order valence-electron chi connectivity index (χ1n) is 8.42. The molecule has 1 unspecified atom stereocenters. The molecule has 1 aliphatic carbocycles. The molecule has 3 heteroatoms. The molecule has 0 bridgehead atoms. The first-order valence-corrected chi connectivity index (χ1v) is 8.42. The molecular weight excluding hydrogens is 246 g/mol. The Labute approximate surface area is 124 Å². The van der Waals surface area contributed by atoms with E-state index in [1.165, 1.54) is 50.6 Å². The van der Waals surface area contributed by atoms with E-state index in [0.29, 0.717) is 6.04 Å². The Bertz CT molecular complexity index is 389. The van der Waals surface area contributed by atoms with Crippen molar-refractivity contribution in [2.24, 2.45) is 13.0 Å². The fraction of sp³-hybridized carbons (Fsp3) is 0.824. The van der Waals surface area contributed by atoms with Gasteiger partial charge in [-0.05, 0) is 31.9 Å². The van der Waals surface area contributed by atoms with Crippen molar-refractivity contribution in [3.63, 3.8) is 0 Å². The lowest BCUT2D eigenvalue weighted by molar-refractivity contribution is 0.349. The molecular formula is C17H31N3. The summed E-state index contributed by atoms with van der Waals surface area (Å²) in [7, 11) is 2.07. The molecule has 20 heavy (non-hydrogen) atoms. The lowest BCUT2D eigenvalue weighted by atomic mass is 9.90. The summed E-state index contributed by atoms with van der Waals surface area (Å²) in [5.41, 5.74) is 2.49. The summed E-state index contributed by atoms with van der Waals surface area (Å²) >= 11 is 0. The van der Waals surface area contributed by atoms with Crippen molar-refractivity contribution in [1.82, 2.24) is 15.1 Å². The Morgan fingerprint density at radius 3 is 2.55 bits per heavy atom. The Balaban J connectivity index is 1.93. The third-order valence-electron chi connectivity index (χ3n) is 4.64. The van der Waals surface area contributed by atoms with E-state index in [4.69, 9.17) is 0 Å². The van der Waals surface area contributed by atoms with Crippen LogP contribution in [0, 0.1) is 12.8 Å². The zero-order chi connectivity index (χ0) is 14.4. The molecule has 0 amide bonds. The molecule has 1 aromatic rings. The maximum Gasteiger partial charge on any atom is 0.0596 e. The van der Waals surface area contributed by atoms with Crippen LogP contribution in [0.1, 0.15) is 63.3 Å². The van der Waals surface area contributed by atoms with Crippen LogP contribution in [0.4, 0.5) is 0 Å². The van der Waals surface area contributed by atoms with Gasteiger partial charge >= 0.3 is 0 Å². The average molecular weight is 277 g/mol. The van der Waals surface area contributed by atoms with Crippen molar-refractivity contribution in [1.29, 1.82) is 0 Å². The number of aryl methyl sites for hydroxylation is 2. The third kappa shape index (κ3) is 4.62. The topological polar surface area (TPSA) is 29.9 Å². The van der Waals surface area contributed by atoms with Crippen molar-refractivity contribution >= 4 is 0 Å². The van der Waals surface area contributed by atoms with E-state index in [1.54, 1.807) is 0 Å². The monoisotopic (exact) mass is 277 g/mol. The molecule has 3 nitrogen and oxygen atoms in total. The van der Waals surface area contributed by atoms with Gasteiger partial charge in [0.05, 0.1) is 5.69 Å². The summed E-state index contributed by atoms with van der Waals surface area (Å²) in [6.07, 6.45) is 11.1. The zero-order valence-corrected chi connectivity index (χ0v) is 13.5. The summed E-state index contributed by atoms with van der Waals surface area (Å²) < 4.78 is 2.05. The van der Waals surface area contributed by atoms with Crippen molar-refractivity contribution in [2.75, 3.05) is 6.54 Å². The molecule has 1 aromatic heterocycles. The number of hydrogen-bond donors (Lipinski definition) is 1. The first-order chi connectivity index (χ1) is 9.69. The Morgan fingerprint density at radius 1 is 1.30 bits per heavy atom. The molecule has 1 heterocycles. The first kappa shape index (κ1) is 15.6. The van der Waals surface area contributed by atoms with E-state index in [9.17, 15) is 0 Å². The molecule has 1 atom stereocenters. The summed E-state index contributed by atoms with van der Waals surface area (Å²) in [6, 6.07) is 2.84. The molecule has 0 radical (unpaired) electrons. The van der Waals surface area contributed by atoms with Gasteiger partial charge in [-0.25, -0.2) is 0 Å². The Kier molecular flexibility index (Phi) is 6.08. The van der Waals surface area contributed by atoms with Gasteiger partial charge < -0.3 is 5.32 Å². The number of nitrogens with one attached hydrogen (secondary N) is 1. The van der Waals surface area contributed by atoms with Crippen LogP contribution in [0.2, 0.25) is 0 Å². The van der Waals surface area contributed by atoms with Crippen LogP contribution in [0.15, 0.2) is 6.07 Å². The van der Waals surface area contributed by atoms with Crippen LogP contribution in [-0.4, -0.2) is 22.4 Å². The number of likely N-dealkylation sites (N-methyl/N-ethyl adjacent to an activating group) is 1. The molecule has 0 saturated heterocycles. The Hall–Kier alpha value is -0.830. The second-order valence-corrected chi connectivity index (χ2v) is 6.45. The van der Waals surface area contributed by atoms with E-state index in [-0.39, 0.29) is 0 Å². The Morgan fingerprint density at radius 2 is 2.00 bits per heavy atom. The van der Waals surface area contributed by atoms with Gasteiger partial charge in [-0.1, -0.05) is 45.4 Å². The van der Waals surface area contributed by atoms with Gasteiger partial charge in [-0.2, -0.15) is 5.10 Å². The van der Waals surface area contributed by atoms with Gasteiger partial charge in [0.25, 0.3) is 0 Å². The maximum absolute atomic E-state index is 4.47. The van der Waals surface area contributed by atoms with E-state index < -0.39 is 0 Å². The van der Waals surface area contributed by atoms with E-state index >= 15 is 0 Å². The lowest BCUT2D eigenvalue weighted by Crippen LogP contribution is -2.33. The number of aromatic nitrogens is 2. The van der Waals surface area contributed by atoms with Crippen LogP contribution < -0.4 is 5.32 Å². The molecule has 0 spiro atoms. The number of nitrogens with zero attached hydrogens (tertiary/aromatic N) is 2. The van der Waals surface area contributed by atoms with Crippen molar-refractivity contribution in [2.45, 2.75) is 71.3 Å². The van der Waals surface area contributed by atoms with E-state index in [2.05, 4.69) is 37.4 Å². The van der Waals surface area contributed by atoms with Gasteiger partial charge in [-0.15, -0.1) is 0 Å². The predicted molar refractivity (Wildman–Crippen MR) is 84.9 cm³/mol. The highest BCUT2D eigenvalue weighted by atomic mass is 15.3.